The van der Waals surface area contributed by atoms with Crippen LogP contribution in [0.5, 0.6) is 5.75 Å². The normalized spacial score (nSPS) is 12.1. The van der Waals surface area contributed by atoms with Crippen LogP contribution in [-0.4, -0.2) is 26.7 Å². The Labute approximate surface area is 187 Å². The summed E-state index contributed by atoms with van der Waals surface area (Å²) in [6.45, 7) is 3.85. The first-order valence-electron chi connectivity index (χ1n) is 9.58. The summed E-state index contributed by atoms with van der Waals surface area (Å²) in [4.78, 5) is 13.6. The fourth-order valence-electron chi connectivity index (χ4n) is 2.71. The Morgan fingerprint density at radius 1 is 0.903 bits per heavy atom. The minimum atomic E-state index is -3.75. The van der Waals surface area contributed by atoms with Crippen molar-refractivity contribution >= 4 is 39.1 Å². The molecule has 0 radical (unpaired) electrons. The van der Waals surface area contributed by atoms with Crippen LogP contribution in [-0.2, 0) is 14.8 Å². The Morgan fingerprint density at radius 3 is 2.06 bits per heavy atom. The van der Waals surface area contributed by atoms with E-state index in [0.717, 1.165) is 10.5 Å². The van der Waals surface area contributed by atoms with Crippen molar-refractivity contribution in [3.8, 4) is 5.75 Å². The highest BCUT2D eigenvalue weighted by Crippen LogP contribution is 2.25. The van der Waals surface area contributed by atoms with Crippen molar-refractivity contribution < 1.29 is 17.9 Å². The van der Waals surface area contributed by atoms with Gasteiger partial charge in [-0.2, -0.15) is 0 Å². The van der Waals surface area contributed by atoms with Gasteiger partial charge in [-0.25, -0.2) is 8.42 Å². The van der Waals surface area contributed by atoms with E-state index in [2.05, 4.69) is 10.0 Å². The number of hydrogen-bond donors (Lipinski definition) is 2. The Morgan fingerprint density at radius 2 is 1.48 bits per heavy atom. The number of benzene rings is 3. The number of hydrogen-bond acceptors (Lipinski definition) is 5. The van der Waals surface area contributed by atoms with Crippen molar-refractivity contribution in [3.05, 3.63) is 78.4 Å². The number of anilines is 2. The molecular formula is C23H24N2O4S2. The van der Waals surface area contributed by atoms with E-state index < -0.39 is 10.0 Å². The molecule has 1 amide bonds. The van der Waals surface area contributed by atoms with Crippen molar-refractivity contribution in [2.45, 2.75) is 28.9 Å². The molecule has 0 heterocycles. The van der Waals surface area contributed by atoms with Crippen molar-refractivity contribution in [2.75, 3.05) is 17.1 Å². The molecule has 0 aromatic heterocycles. The molecule has 0 saturated carbocycles. The molecule has 0 fully saturated rings. The number of ether oxygens (including phenoxy) is 1. The summed E-state index contributed by atoms with van der Waals surface area (Å²) in [6.07, 6.45) is 0. The molecular weight excluding hydrogens is 432 g/mol. The third-order valence-corrected chi connectivity index (χ3v) is 6.99. The highest BCUT2D eigenvalue weighted by Gasteiger charge is 2.17. The lowest BCUT2D eigenvalue weighted by Gasteiger charge is -2.13. The van der Waals surface area contributed by atoms with Crippen LogP contribution in [0.3, 0.4) is 0 Å². The number of nitrogens with one attached hydrogen (secondary N) is 2. The zero-order chi connectivity index (χ0) is 22.4. The number of sulfonamides is 1. The molecule has 0 aliphatic carbocycles. The van der Waals surface area contributed by atoms with Crippen LogP contribution >= 0.6 is 11.8 Å². The maximum atomic E-state index is 12.6. The molecule has 162 valence electrons. The Balaban J connectivity index is 1.61. The highest BCUT2D eigenvalue weighted by molar-refractivity contribution is 8.00. The van der Waals surface area contributed by atoms with E-state index in [-0.39, 0.29) is 16.1 Å². The summed E-state index contributed by atoms with van der Waals surface area (Å²) >= 11 is 1.46. The average molecular weight is 457 g/mol. The van der Waals surface area contributed by atoms with E-state index in [1.165, 1.54) is 23.9 Å². The second kappa shape index (κ2) is 9.89. The number of carbonyl (C=O) groups excluding carboxylic acids is 1. The van der Waals surface area contributed by atoms with Gasteiger partial charge in [0.1, 0.15) is 5.75 Å². The summed E-state index contributed by atoms with van der Waals surface area (Å²) in [5, 5.41) is 2.52. The second-order valence-electron chi connectivity index (χ2n) is 6.92. The smallest absolute Gasteiger partial charge is 0.261 e. The monoisotopic (exact) mass is 456 g/mol. The van der Waals surface area contributed by atoms with Gasteiger partial charge in [-0.3, -0.25) is 9.52 Å². The van der Waals surface area contributed by atoms with Gasteiger partial charge in [-0.05, 0) is 74.5 Å². The summed E-state index contributed by atoms with van der Waals surface area (Å²) in [5.74, 6) is 0.482. The molecule has 0 bridgehead atoms. The third kappa shape index (κ3) is 6.26. The molecule has 8 heteroatoms. The van der Waals surface area contributed by atoms with E-state index in [1.807, 2.05) is 38.1 Å². The molecule has 0 spiro atoms. The molecule has 0 saturated heterocycles. The SMILES string of the molecule is COc1ccc(NS(=O)(=O)c2ccc(NC(=O)C(C)Sc3ccc(C)cc3)cc2)cc1. The molecule has 1 atom stereocenters. The maximum absolute atomic E-state index is 12.6. The van der Waals surface area contributed by atoms with Crippen molar-refractivity contribution in [2.24, 2.45) is 0 Å². The van der Waals surface area contributed by atoms with Crippen LogP contribution in [0.1, 0.15) is 12.5 Å². The molecule has 3 rings (SSSR count). The first-order chi connectivity index (χ1) is 14.8. The zero-order valence-corrected chi connectivity index (χ0v) is 19.1. The average Bonchev–Trinajstić information content (AvgIpc) is 2.76. The van der Waals surface area contributed by atoms with Gasteiger partial charge in [-0.15, -0.1) is 11.8 Å². The number of aryl methyl sites for hydroxylation is 1. The summed E-state index contributed by atoms with van der Waals surface area (Å²) in [7, 11) is -2.20. The topological polar surface area (TPSA) is 84.5 Å². The summed E-state index contributed by atoms with van der Waals surface area (Å²) in [5.41, 5.74) is 2.13. The lowest BCUT2D eigenvalue weighted by atomic mass is 10.2. The molecule has 2 N–H and O–H groups in total. The Bertz CT molecular complexity index is 1130. The van der Waals surface area contributed by atoms with Crippen molar-refractivity contribution in [1.29, 1.82) is 0 Å². The quantitative estimate of drug-likeness (QED) is 0.470. The van der Waals surface area contributed by atoms with Gasteiger partial charge in [0.25, 0.3) is 10.0 Å². The number of carbonyl (C=O) groups is 1. The van der Waals surface area contributed by atoms with Gasteiger partial charge < -0.3 is 10.1 Å². The van der Waals surface area contributed by atoms with E-state index >= 15 is 0 Å². The van der Waals surface area contributed by atoms with Gasteiger partial charge in [-0.1, -0.05) is 17.7 Å². The summed E-state index contributed by atoms with van der Waals surface area (Å²) < 4.78 is 32.8. The third-order valence-electron chi connectivity index (χ3n) is 4.48. The van der Waals surface area contributed by atoms with Crippen LogP contribution in [0, 0.1) is 6.92 Å². The van der Waals surface area contributed by atoms with Crippen molar-refractivity contribution in [3.63, 3.8) is 0 Å². The minimum Gasteiger partial charge on any atom is -0.497 e. The second-order valence-corrected chi connectivity index (χ2v) is 10.0. The largest absolute Gasteiger partial charge is 0.497 e. The van der Waals surface area contributed by atoms with Crippen molar-refractivity contribution in [1.82, 2.24) is 0 Å². The number of thioether (sulfide) groups is 1. The predicted molar refractivity (Wildman–Crippen MR) is 125 cm³/mol. The Kier molecular flexibility index (Phi) is 7.25. The first kappa shape index (κ1) is 22.7. The van der Waals surface area contributed by atoms with Crippen LogP contribution in [0.15, 0.2) is 82.6 Å². The van der Waals surface area contributed by atoms with Gasteiger partial charge in [0.05, 0.1) is 17.3 Å². The predicted octanol–water partition coefficient (Wildman–Crippen LogP) is 4.92. The fourth-order valence-corrected chi connectivity index (χ4v) is 4.63. The van der Waals surface area contributed by atoms with E-state index in [0.29, 0.717) is 17.1 Å². The van der Waals surface area contributed by atoms with Gasteiger partial charge in [0.2, 0.25) is 5.91 Å². The first-order valence-corrected chi connectivity index (χ1v) is 11.9. The fraction of sp³-hybridized carbons (Fsp3) is 0.174. The highest BCUT2D eigenvalue weighted by atomic mass is 32.2. The lowest BCUT2D eigenvalue weighted by molar-refractivity contribution is -0.115. The molecule has 3 aromatic carbocycles. The van der Waals surface area contributed by atoms with E-state index in [9.17, 15) is 13.2 Å². The number of amides is 1. The lowest BCUT2D eigenvalue weighted by Crippen LogP contribution is -2.22. The zero-order valence-electron chi connectivity index (χ0n) is 17.5. The van der Waals surface area contributed by atoms with Crippen LogP contribution < -0.4 is 14.8 Å². The van der Waals surface area contributed by atoms with E-state index in [4.69, 9.17) is 4.74 Å². The van der Waals surface area contributed by atoms with Crippen LogP contribution in [0.2, 0.25) is 0 Å². The van der Waals surface area contributed by atoms with Gasteiger partial charge in [0.15, 0.2) is 0 Å². The number of methoxy groups -OCH3 is 1. The Hall–Kier alpha value is -2.97. The molecule has 0 aliphatic heterocycles. The summed E-state index contributed by atoms with van der Waals surface area (Å²) in [6, 6.07) is 20.6. The molecule has 31 heavy (non-hydrogen) atoms. The molecule has 0 aliphatic rings. The molecule has 1 unspecified atom stereocenters. The van der Waals surface area contributed by atoms with Crippen LogP contribution in [0.4, 0.5) is 11.4 Å². The number of rotatable bonds is 8. The standard InChI is InChI=1S/C23H24N2O4S2/c1-16-4-12-21(13-5-16)30-17(2)23(26)24-18-8-14-22(15-9-18)31(27,28)25-19-6-10-20(29-3)11-7-19/h4-15,17,25H,1-3H3,(H,24,26). The van der Waals surface area contributed by atoms with Crippen LogP contribution in [0.25, 0.3) is 0 Å². The van der Waals surface area contributed by atoms with Gasteiger partial charge in [0, 0.05) is 16.3 Å². The van der Waals surface area contributed by atoms with Gasteiger partial charge >= 0.3 is 0 Å². The van der Waals surface area contributed by atoms with E-state index in [1.54, 1.807) is 43.5 Å². The molecule has 3 aromatic rings. The molecule has 6 nitrogen and oxygen atoms in total. The maximum Gasteiger partial charge on any atom is 0.261 e. The minimum absolute atomic E-state index is 0.100.